The van der Waals surface area contributed by atoms with Crippen LogP contribution in [0, 0.1) is 13.8 Å². The van der Waals surface area contributed by atoms with Crippen LogP contribution < -0.4 is 0 Å². The van der Waals surface area contributed by atoms with E-state index >= 15 is 0 Å². The first-order chi connectivity index (χ1) is 8.68. The maximum absolute atomic E-state index is 2.22. The lowest BCUT2D eigenvalue weighted by Gasteiger charge is -1.98. The number of hydrogen-bond acceptors (Lipinski definition) is 0. The summed E-state index contributed by atoms with van der Waals surface area (Å²) in [5.74, 6) is 0. The Hall–Kier alpha value is -1.24. The first-order valence-electron chi connectivity index (χ1n) is 7.21. The van der Waals surface area contributed by atoms with Crippen LogP contribution in [-0.4, -0.2) is 4.57 Å². The molecule has 0 amide bonds. The molecule has 1 nitrogen and oxygen atoms in total. The van der Waals surface area contributed by atoms with Gasteiger partial charge in [-0.05, 0) is 32.0 Å². The monoisotopic (exact) mass is 249 g/mol. The van der Waals surface area contributed by atoms with Crippen molar-refractivity contribution in [2.75, 3.05) is 0 Å². The van der Waals surface area contributed by atoms with E-state index in [0.29, 0.717) is 0 Å². The van der Waals surface area contributed by atoms with Crippen LogP contribution >= 0.6 is 0 Å². The van der Waals surface area contributed by atoms with E-state index in [2.05, 4.69) is 49.7 Å². The van der Waals surface area contributed by atoms with Crippen LogP contribution in [0.25, 0.3) is 10.9 Å². The lowest BCUT2D eigenvalue weighted by atomic mass is 10.2. The summed E-state index contributed by atoms with van der Waals surface area (Å²) in [5, 5.41) is 1.34. The van der Waals surface area contributed by atoms with Gasteiger partial charge < -0.3 is 4.57 Å². The van der Waals surface area contributed by atoms with Gasteiger partial charge in [0.2, 0.25) is 0 Å². The second kappa shape index (κ2) is 10.9. The first-order valence-corrected chi connectivity index (χ1v) is 7.21. The topological polar surface area (TPSA) is 4.93 Å². The number of hydrogen-bond donors (Lipinski definition) is 0. The fourth-order valence-corrected chi connectivity index (χ4v) is 1.61. The zero-order valence-electron chi connectivity index (χ0n) is 13.8. The molecular formula is C17H31N. The third kappa shape index (κ3) is 4.95. The van der Waals surface area contributed by atoms with Crippen LogP contribution in [0.4, 0.5) is 0 Å². The van der Waals surface area contributed by atoms with Crippen LogP contribution in [-0.2, 0) is 7.05 Å². The van der Waals surface area contributed by atoms with Gasteiger partial charge in [0.25, 0.3) is 0 Å². The largest absolute Gasteiger partial charge is 0.348 e. The highest BCUT2D eigenvalue weighted by atomic mass is 14.9. The number of benzene rings is 1. The average Bonchev–Trinajstić information content (AvgIpc) is 2.71. The number of nitrogens with zero attached hydrogens (tertiary/aromatic N) is 1. The highest BCUT2D eigenvalue weighted by Gasteiger charge is 2.00. The van der Waals surface area contributed by atoms with Crippen molar-refractivity contribution in [3.63, 3.8) is 0 Å². The van der Waals surface area contributed by atoms with Gasteiger partial charge in [-0.3, -0.25) is 0 Å². The minimum Gasteiger partial charge on any atom is -0.348 e. The number of aromatic nitrogens is 1. The fraction of sp³-hybridized carbons (Fsp3) is 0.529. The van der Waals surface area contributed by atoms with Crippen LogP contribution in [0.15, 0.2) is 24.3 Å². The predicted molar refractivity (Wildman–Crippen MR) is 86.4 cm³/mol. The minimum absolute atomic E-state index is 1.32. The maximum atomic E-state index is 2.22. The normalized spacial score (nSPS) is 8.28. The third-order valence-corrected chi connectivity index (χ3v) is 2.44. The Morgan fingerprint density at radius 1 is 0.778 bits per heavy atom. The van der Waals surface area contributed by atoms with Crippen LogP contribution in [0.3, 0.4) is 0 Å². The van der Waals surface area contributed by atoms with E-state index in [0.717, 1.165) is 0 Å². The molecule has 1 heteroatoms. The second-order valence-electron chi connectivity index (χ2n) is 3.41. The van der Waals surface area contributed by atoms with Gasteiger partial charge in [-0.1, -0.05) is 53.2 Å². The lowest BCUT2D eigenvalue weighted by molar-refractivity contribution is 0.918. The molecule has 2 rings (SSSR count). The zero-order chi connectivity index (χ0) is 14.7. The van der Waals surface area contributed by atoms with Crippen molar-refractivity contribution < 1.29 is 0 Å². The summed E-state index contributed by atoms with van der Waals surface area (Å²) in [6, 6.07) is 8.78. The molecule has 1 aromatic heterocycles. The maximum Gasteiger partial charge on any atom is 0.0479 e. The van der Waals surface area contributed by atoms with Gasteiger partial charge in [-0.15, -0.1) is 0 Å². The Labute approximate surface area is 114 Å². The predicted octanol–water partition coefficient (Wildman–Crippen LogP) is 5.87. The summed E-state index contributed by atoms with van der Waals surface area (Å²) < 4.78 is 2.22. The molecule has 0 spiro atoms. The highest BCUT2D eigenvalue weighted by Crippen LogP contribution is 2.18. The molecule has 2 aromatic rings. The van der Waals surface area contributed by atoms with Crippen molar-refractivity contribution in [3.8, 4) is 0 Å². The van der Waals surface area contributed by atoms with Gasteiger partial charge in [0.1, 0.15) is 0 Å². The van der Waals surface area contributed by atoms with Crippen LogP contribution in [0.5, 0.6) is 0 Å². The highest BCUT2D eigenvalue weighted by molar-refractivity contribution is 5.81. The van der Waals surface area contributed by atoms with Crippen molar-refractivity contribution in [2.24, 2.45) is 7.05 Å². The summed E-state index contributed by atoms with van der Waals surface area (Å²) in [6.45, 7) is 16.3. The molecular weight excluding hydrogens is 218 g/mol. The summed E-state index contributed by atoms with van der Waals surface area (Å²) in [4.78, 5) is 0. The standard InChI is InChI=1S/C11H13N.3C2H6/c1-8-4-5-11-10(6-8)7-9(2)12(11)3;3*1-2/h4-7H,1-3H3;3*1-2H3. The van der Waals surface area contributed by atoms with E-state index in [9.17, 15) is 0 Å². The molecule has 104 valence electrons. The average molecular weight is 249 g/mol. The van der Waals surface area contributed by atoms with Crippen molar-refractivity contribution in [3.05, 3.63) is 35.5 Å². The second-order valence-corrected chi connectivity index (χ2v) is 3.41. The smallest absolute Gasteiger partial charge is 0.0479 e. The fourth-order valence-electron chi connectivity index (χ4n) is 1.61. The molecule has 0 bridgehead atoms. The van der Waals surface area contributed by atoms with E-state index in [1.165, 1.54) is 22.2 Å². The molecule has 0 saturated carbocycles. The molecule has 0 aliphatic carbocycles. The lowest BCUT2D eigenvalue weighted by Crippen LogP contribution is -1.88. The molecule has 0 unspecified atom stereocenters. The summed E-state index contributed by atoms with van der Waals surface area (Å²) >= 11 is 0. The molecule has 0 radical (unpaired) electrons. The number of aryl methyl sites for hydroxylation is 3. The molecule has 0 N–H and O–H groups in total. The van der Waals surface area contributed by atoms with E-state index in [4.69, 9.17) is 0 Å². The van der Waals surface area contributed by atoms with Gasteiger partial charge in [-0.2, -0.15) is 0 Å². The third-order valence-electron chi connectivity index (χ3n) is 2.44. The Balaban J connectivity index is 0. The minimum atomic E-state index is 1.32. The van der Waals surface area contributed by atoms with Crippen LogP contribution in [0.1, 0.15) is 52.8 Å². The molecule has 0 saturated heterocycles. The van der Waals surface area contributed by atoms with Gasteiger partial charge in [-0.25, -0.2) is 0 Å². The molecule has 0 aliphatic rings. The molecule has 0 fully saturated rings. The summed E-state index contributed by atoms with van der Waals surface area (Å²) in [5.41, 5.74) is 3.96. The first kappa shape index (κ1) is 19.1. The van der Waals surface area contributed by atoms with E-state index in [-0.39, 0.29) is 0 Å². The molecule has 1 heterocycles. The zero-order valence-corrected chi connectivity index (χ0v) is 13.8. The Morgan fingerprint density at radius 3 is 1.78 bits per heavy atom. The Morgan fingerprint density at radius 2 is 1.28 bits per heavy atom. The molecule has 0 aliphatic heterocycles. The molecule has 1 aromatic carbocycles. The number of rotatable bonds is 0. The summed E-state index contributed by atoms with van der Waals surface area (Å²) in [7, 11) is 2.10. The summed E-state index contributed by atoms with van der Waals surface area (Å²) in [6.07, 6.45) is 0. The van der Waals surface area contributed by atoms with Crippen molar-refractivity contribution in [1.82, 2.24) is 4.57 Å². The van der Waals surface area contributed by atoms with Crippen molar-refractivity contribution in [2.45, 2.75) is 55.4 Å². The molecule has 18 heavy (non-hydrogen) atoms. The Bertz CT molecular complexity index is 424. The van der Waals surface area contributed by atoms with E-state index < -0.39 is 0 Å². The van der Waals surface area contributed by atoms with Gasteiger partial charge in [0.15, 0.2) is 0 Å². The van der Waals surface area contributed by atoms with Gasteiger partial charge >= 0.3 is 0 Å². The quantitative estimate of drug-likeness (QED) is 0.550. The van der Waals surface area contributed by atoms with E-state index in [1.54, 1.807) is 0 Å². The van der Waals surface area contributed by atoms with Crippen molar-refractivity contribution in [1.29, 1.82) is 0 Å². The van der Waals surface area contributed by atoms with Gasteiger partial charge in [0, 0.05) is 23.6 Å². The van der Waals surface area contributed by atoms with Crippen molar-refractivity contribution >= 4 is 10.9 Å². The van der Waals surface area contributed by atoms with Crippen LogP contribution in [0.2, 0.25) is 0 Å². The molecule has 0 atom stereocenters. The SMILES string of the molecule is CC.CC.CC.Cc1ccc2c(c1)cc(C)n2C. The Kier molecular flexibility index (Phi) is 11.6. The van der Waals surface area contributed by atoms with E-state index in [1.807, 2.05) is 41.5 Å². The number of fused-ring (bicyclic) bond motifs is 1. The van der Waals surface area contributed by atoms with Gasteiger partial charge in [0.05, 0.1) is 0 Å².